The van der Waals surface area contributed by atoms with E-state index in [0.717, 1.165) is 33.8 Å². The highest BCUT2D eigenvalue weighted by atomic mass is 16.1. The number of nitrogens with one attached hydrogen (secondary N) is 2. The Hall–Kier alpha value is -3.14. The number of benzene rings is 2. The van der Waals surface area contributed by atoms with Gasteiger partial charge in [-0.15, -0.1) is 0 Å². The number of anilines is 3. The van der Waals surface area contributed by atoms with Crippen LogP contribution in [-0.2, 0) is 0 Å². The fourth-order valence-corrected chi connectivity index (χ4v) is 2.69. The molecule has 0 saturated carbocycles. The number of rotatable bonds is 4. The van der Waals surface area contributed by atoms with E-state index in [9.17, 15) is 4.79 Å². The summed E-state index contributed by atoms with van der Waals surface area (Å²) >= 11 is 0. The Morgan fingerprint density at radius 3 is 2.28 bits per heavy atom. The highest BCUT2D eigenvalue weighted by Gasteiger charge is 2.10. The molecule has 3 rings (SSSR count). The Bertz CT molecular complexity index is 898. The van der Waals surface area contributed by atoms with Crippen molar-refractivity contribution in [2.45, 2.75) is 20.8 Å². The van der Waals surface area contributed by atoms with Crippen LogP contribution in [0, 0.1) is 20.8 Å². The minimum atomic E-state index is -0.223. The first-order valence-corrected chi connectivity index (χ1v) is 8.21. The van der Waals surface area contributed by atoms with Gasteiger partial charge in [0.15, 0.2) is 0 Å². The van der Waals surface area contributed by atoms with E-state index in [1.54, 1.807) is 12.3 Å². The number of aryl methyl sites for hydroxylation is 3. The third-order valence-electron chi connectivity index (χ3n) is 4.14. The van der Waals surface area contributed by atoms with Gasteiger partial charge in [0.05, 0.1) is 0 Å². The van der Waals surface area contributed by atoms with E-state index >= 15 is 0 Å². The Balaban J connectivity index is 1.82. The first-order valence-electron chi connectivity index (χ1n) is 8.21. The molecule has 0 aliphatic carbocycles. The van der Waals surface area contributed by atoms with Crippen molar-refractivity contribution in [2.75, 3.05) is 10.6 Å². The van der Waals surface area contributed by atoms with E-state index in [-0.39, 0.29) is 5.91 Å². The summed E-state index contributed by atoms with van der Waals surface area (Å²) in [4.78, 5) is 16.7. The standard InChI is InChI=1S/C21H21N3O/c1-14-7-4-5-10-18(14)24-21(25)19-13-17(11-12-22-19)23-20-15(2)8-6-9-16(20)3/h4-13H,1-3H3,(H,22,23)(H,24,25). The van der Waals surface area contributed by atoms with Gasteiger partial charge in [0.1, 0.15) is 5.69 Å². The zero-order valence-corrected chi connectivity index (χ0v) is 14.6. The zero-order valence-electron chi connectivity index (χ0n) is 14.6. The van der Waals surface area contributed by atoms with Crippen molar-refractivity contribution in [3.8, 4) is 0 Å². The van der Waals surface area contributed by atoms with Crippen LogP contribution in [0.1, 0.15) is 27.2 Å². The lowest BCUT2D eigenvalue weighted by molar-refractivity contribution is 0.102. The molecule has 4 heteroatoms. The Kier molecular flexibility index (Phi) is 4.80. The average Bonchev–Trinajstić information content (AvgIpc) is 2.60. The molecule has 0 saturated heterocycles. The molecule has 1 aromatic heterocycles. The predicted octanol–water partition coefficient (Wildman–Crippen LogP) is 5.00. The van der Waals surface area contributed by atoms with Crippen LogP contribution in [0.5, 0.6) is 0 Å². The fraction of sp³-hybridized carbons (Fsp3) is 0.143. The molecular weight excluding hydrogens is 310 g/mol. The summed E-state index contributed by atoms with van der Waals surface area (Å²) in [5.74, 6) is -0.223. The number of carbonyl (C=O) groups excluding carboxylic acids is 1. The normalized spacial score (nSPS) is 10.4. The minimum absolute atomic E-state index is 0.223. The van der Waals surface area contributed by atoms with Gasteiger partial charge in [-0.3, -0.25) is 9.78 Å². The van der Waals surface area contributed by atoms with Gasteiger partial charge in [0.25, 0.3) is 5.91 Å². The summed E-state index contributed by atoms with van der Waals surface area (Å²) in [6.45, 7) is 6.08. The van der Waals surface area contributed by atoms with Gasteiger partial charge in [0.2, 0.25) is 0 Å². The minimum Gasteiger partial charge on any atom is -0.355 e. The molecule has 0 bridgehead atoms. The van der Waals surface area contributed by atoms with E-state index in [4.69, 9.17) is 0 Å². The summed E-state index contributed by atoms with van der Waals surface area (Å²) in [7, 11) is 0. The van der Waals surface area contributed by atoms with Crippen molar-refractivity contribution in [2.24, 2.45) is 0 Å². The summed E-state index contributed by atoms with van der Waals surface area (Å²) in [6.07, 6.45) is 1.64. The number of carbonyl (C=O) groups is 1. The van der Waals surface area contributed by atoms with E-state index in [1.807, 2.05) is 43.3 Å². The number of amides is 1. The Morgan fingerprint density at radius 2 is 1.56 bits per heavy atom. The quantitative estimate of drug-likeness (QED) is 0.707. The van der Waals surface area contributed by atoms with E-state index in [2.05, 4.69) is 41.6 Å². The third kappa shape index (κ3) is 3.86. The summed E-state index contributed by atoms with van der Waals surface area (Å²) in [6, 6.07) is 17.4. The molecule has 25 heavy (non-hydrogen) atoms. The van der Waals surface area contributed by atoms with Crippen molar-refractivity contribution < 1.29 is 4.79 Å². The summed E-state index contributed by atoms with van der Waals surface area (Å²) < 4.78 is 0. The van der Waals surface area contributed by atoms with Crippen LogP contribution in [0.25, 0.3) is 0 Å². The lowest BCUT2D eigenvalue weighted by Gasteiger charge is -2.13. The lowest BCUT2D eigenvalue weighted by atomic mass is 10.1. The molecule has 0 unspecified atom stereocenters. The van der Waals surface area contributed by atoms with Crippen LogP contribution in [0.15, 0.2) is 60.8 Å². The van der Waals surface area contributed by atoms with Gasteiger partial charge in [-0.1, -0.05) is 36.4 Å². The molecular formula is C21H21N3O. The molecule has 4 nitrogen and oxygen atoms in total. The van der Waals surface area contributed by atoms with Gasteiger partial charge < -0.3 is 10.6 Å². The van der Waals surface area contributed by atoms with Gasteiger partial charge in [-0.25, -0.2) is 0 Å². The molecule has 0 spiro atoms. The van der Waals surface area contributed by atoms with Crippen LogP contribution >= 0.6 is 0 Å². The molecule has 3 aromatic rings. The number of nitrogens with zero attached hydrogens (tertiary/aromatic N) is 1. The summed E-state index contributed by atoms with van der Waals surface area (Å²) in [5.41, 5.74) is 6.38. The van der Waals surface area contributed by atoms with Crippen molar-refractivity contribution in [3.63, 3.8) is 0 Å². The van der Waals surface area contributed by atoms with Gasteiger partial charge in [0, 0.05) is 23.3 Å². The molecule has 126 valence electrons. The Morgan fingerprint density at radius 1 is 0.880 bits per heavy atom. The van der Waals surface area contributed by atoms with Crippen LogP contribution in [0.3, 0.4) is 0 Å². The number of pyridine rings is 1. The SMILES string of the molecule is Cc1ccccc1NC(=O)c1cc(Nc2c(C)cccc2C)ccn1. The van der Waals surface area contributed by atoms with E-state index < -0.39 is 0 Å². The Labute approximate surface area is 147 Å². The number of hydrogen-bond donors (Lipinski definition) is 2. The van der Waals surface area contributed by atoms with Crippen molar-refractivity contribution in [1.29, 1.82) is 0 Å². The van der Waals surface area contributed by atoms with E-state index in [0.29, 0.717) is 5.69 Å². The maximum Gasteiger partial charge on any atom is 0.274 e. The fourth-order valence-electron chi connectivity index (χ4n) is 2.69. The zero-order chi connectivity index (χ0) is 17.8. The highest BCUT2D eigenvalue weighted by Crippen LogP contribution is 2.24. The number of aromatic nitrogens is 1. The second-order valence-corrected chi connectivity index (χ2v) is 6.09. The predicted molar refractivity (Wildman–Crippen MR) is 103 cm³/mol. The third-order valence-corrected chi connectivity index (χ3v) is 4.14. The molecule has 0 atom stereocenters. The monoisotopic (exact) mass is 331 g/mol. The van der Waals surface area contributed by atoms with Crippen molar-refractivity contribution >= 4 is 23.0 Å². The topological polar surface area (TPSA) is 54.0 Å². The van der Waals surface area contributed by atoms with E-state index in [1.165, 1.54) is 0 Å². The van der Waals surface area contributed by atoms with Gasteiger partial charge >= 0.3 is 0 Å². The van der Waals surface area contributed by atoms with Crippen molar-refractivity contribution in [3.05, 3.63) is 83.2 Å². The van der Waals surface area contributed by atoms with Crippen LogP contribution < -0.4 is 10.6 Å². The molecule has 0 aliphatic heterocycles. The largest absolute Gasteiger partial charge is 0.355 e. The van der Waals surface area contributed by atoms with Gasteiger partial charge in [-0.05, 0) is 55.7 Å². The van der Waals surface area contributed by atoms with Crippen LogP contribution in [0.4, 0.5) is 17.1 Å². The molecule has 1 amide bonds. The molecule has 0 aliphatic rings. The highest BCUT2D eigenvalue weighted by molar-refractivity contribution is 6.03. The molecule has 2 N–H and O–H groups in total. The second-order valence-electron chi connectivity index (χ2n) is 6.09. The number of para-hydroxylation sites is 2. The second kappa shape index (κ2) is 7.18. The first-order chi connectivity index (χ1) is 12.0. The van der Waals surface area contributed by atoms with Gasteiger partial charge in [-0.2, -0.15) is 0 Å². The molecule has 0 radical (unpaired) electrons. The van der Waals surface area contributed by atoms with Crippen molar-refractivity contribution in [1.82, 2.24) is 4.98 Å². The molecule has 2 aromatic carbocycles. The van der Waals surface area contributed by atoms with Crippen LogP contribution in [0.2, 0.25) is 0 Å². The molecule has 1 heterocycles. The number of hydrogen-bond acceptors (Lipinski definition) is 3. The lowest BCUT2D eigenvalue weighted by Crippen LogP contribution is -2.14. The summed E-state index contributed by atoms with van der Waals surface area (Å²) in [5, 5.41) is 6.30. The maximum atomic E-state index is 12.5. The molecule has 0 fully saturated rings. The average molecular weight is 331 g/mol. The van der Waals surface area contributed by atoms with Crippen LogP contribution in [-0.4, -0.2) is 10.9 Å². The maximum absolute atomic E-state index is 12.5. The first kappa shape index (κ1) is 16.7. The smallest absolute Gasteiger partial charge is 0.274 e.